The molecule has 6 nitrogen and oxygen atoms in total. The number of hydrogen-bond donors (Lipinski definition) is 1. The maximum atomic E-state index is 13.7. The van der Waals surface area contributed by atoms with Gasteiger partial charge in [0.15, 0.2) is 0 Å². The van der Waals surface area contributed by atoms with Crippen molar-refractivity contribution in [2.45, 2.75) is 39.2 Å². The molecule has 1 aromatic heterocycles. The third-order valence-corrected chi connectivity index (χ3v) is 4.41. The van der Waals surface area contributed by atoms with Crippen molar-refractivity contribution in [1.82, 2.24) is 15.1 Å². The highest BCUT2D eigenvalue weighted by Gasteiger charge is 2.17. The molecule has 0 saturated carbocycles. The van der Waals surface area contributed by atoms with Gasteiger partial charge in [0.05, 0.1) is 5.69 Å². The standard InChI is InChI=1S/C23H23ClFN3O3/c1-23(2,3)31-22(30)26-18-6-4-5-15(7-8-18)11-20-21(29)9-10-28(27-20)19-13-16(24)12-17(25)14-19/h4-5,7-10,12-14H,6,11H2,1-3H3,(H,26,30). The van der Waals surface area contributed by atoms with Gasteiger partial charge >= 0.3 is 6.09 Å². The predicted octanol–water partition coefficient (Wildman–Crippen LogP) is 4.86. The normalized spacial score (nSPS) is 13.8. The minimum Gasteiger partial charge on any atom is -0.444 e. The van der Waals surface area contributed by atoms with Crippen LogP contribution in [0.25, 0.3) is 5.69 Å². The zero-order valence-electron chi connectivity index (χ0n) is 17.5. The number of benzene rings is 1. The van der Waals surface area contributed by atoms with Crippen molar-refractivity contribution in [1.29, 1.82) is 0 Å². The highest BCUT2D eigenvalue weighted by Crippen LogP contribution is 2.18. The molecule has 0 aliphatic heterocycles. The molecule has 1 N–H and O–H groups in total. The summed E-state index contributed by atoms with van der Waals surface area (Å²) in [7, 11) is 0. The van der Waals surface area contributed by atoms with Gasteiger partial charge in [0.1, 0.15) is 17.1 Å². The van der Waals surface area contributed by atoms with Gasteiger partial charge in [-0.3, -0.25) is 10.1 Å². The van der Waals surface area contributed by atoms with Crippen molar-refractivity contribution in [2.24, 2.45) is 0 Å². The SMILES string of the molecule is CC(C)(C)OC(=O)NC1=CC=C(Cc2nn(-c3cc(F)cc(Cl)c3)ccc2=O)C=CC1. The molecule has 0 atom stereocenters. The van der Waals surface area contributed by atoms with E-state index >= 15 is 0 Å². The molecule has 1 heterocycles. The van der Waals surface area contributed by atoms with Crippen LogP contribution in [0.2, 0.25) is 5.02 Å². The second-order valence-electron chi connectivity index (χ2n) is 8.04. The van der Waals surface area contributed by atoms with Gasteiger partial charge in [-0.05, 0) is 50.6 Å². The van der Waals surface area contributed by atoms with Gasteiger partial charge < -0.3 is 4.74 Å². The third-order valence-electron chi connectivity index (χ3n) is 4.19. The molecule has 8 heteroatoms. The van der Waals surface area contributed by atoms with E-state index in [-0.39, 0.29) is 16.9 Å². The molecule has 0 fully saturated rings. The fraction of sp³-hybridized carbons (Fsp3) is 0.261. The fourth-order valence-electron chi connectivity index (χ4n) is 2.89. The topological polar surface area (TPSA) is 73.2 Å². The maximum absolute atomic E-state index is 13.7. The highest BCUT2D eigenvalue weighted by molar-refractivity contribution is 6.30. The molecule has 2 aromatic rings. The quantitative estimate of drug-likeness (QED) is 0.732. The van der Waals surface area contributed by atoms with E-state index in [0.717, 1.165) is 5.57 Å². The summed E-state index contributed by atoms with van der Waals surface area (Å²) in [6, 6.07) is 5.43. The number of allylic oxidation sites excluding steroid dienone is 5. The Hall–Kier alpha value is -3.19. The Bertz CT molecular complexity index is 1120. The molecular weight excluding hydrogens is 421 g/mol. The lowest BCUT2D eigenvalue weighted by molar-refractivity contribution is 0.0545. The number of hydrogen-bond acceptors (Lipinski definition) is 4. The van der Waals surface area contributed by atoms with Gasteiger partial charge in [-0.2, -0.15) is 5.10 Å². The van der Waals surface area contributed by atoms with Gasteiger partial charge in [-0.25, -0.2) is 13.9 Å². The van der Waals surface area contributed by atoms with Gasteiger partial charge in [-0.1, -0.05) is 29.8 Å². The Balaban J connectivity index is 1.79. The van der Waals surface area contributed by atoms with Gasteiger partial charge in [0, 0.05) is 35.8 Å². The Kier molecular flexibility index (Phi) is 6.75. The first-order chi connectivity index (χ1) is 14.6. The fourth-order valence-corrected chi connectivity index (χ4v) is 3.11. The minimum absolute atomic E-state index is 0.228. The summed E-state index contributed by atoms with van der Waals surface area (Å²) in [4.78, 5) is 24.3. The third kappa shape index (κ3) is 6.65. The van der Waals surface area contributed by atoms with Crippen molar-refractivity contribution in [3.8, 4) is 5.69 Å². The number of alkyl carbamates (subject to hydrolysis) is 1. The second kappa shape index (κ2) is 9.31. The van der Waals surface area contributed by atoms with Crippen molar-refractivity contribution >= 4 is 17.7 Å². The number of carbonyl (C=O) groups excluding carboxylic acids is 1. The van der Waals surface area contributed by atoms with E-state index in [2.05, 4.69) is 10.4 Å². The van der Waals surface area contributed by atoms with Gasteiger partial charge in [0.25, 0.3) is 0 Å². The lowest BCUT2D eigenvalue weighted by Gasteiger charge is -2.20. The number of amides is 1. The van der Waals surface area contributed by atoms with Gasteiger partial charge in [-0.15, -0.1) is 0 Å². The summed E-state index contributed by atoms with van der Waals surface area (Å²) >= 11 is 5.92. The number of carbonyl (C=O) groups is 1. The van der Waals surface area contributed by atoms with Crippen LogP contribution in [0.3, 0.4) is 0 Å². The Morgan fingerprint density at radius 1 is 1.29 bits per heavy atom. The molecule has 0 radical (unpaired) electrons. The Morgan fingerprint density at radius 3 is 2.77 bits per heavy atom. The summed E-state index contributed by atoms with van der Waals surface area (Å²) in [5.41, 5.74) is 1.41. The number of aromatic nitrogens is 2. The average molecular weight is 444 g/mol. The van der Waals surface area contributed by atoms with Crippen LogP contribution in [0.4, 0.5) is 9.18 Å². The van der Waals surface area contributed by atoms with Gasteiger partial charge in [0.2, 0.25) is 5.43 Å². The number of rotatable bonds is 4. The molecule has 3 rings (SSSR count). The number of halogens is 2. The van der Waals surface area contributed by atoms with E-state index in [9.17, 15) is 14.0 Å². The maximum Gasteiger partial charge on any atom is 0.411 e. The minimum atomic E-state index is -0.586. The molecular formula is C23H23ClFN3O3. The number of ether oxygens (including phenoxy) is 1. The molecule has 0 spiro atoms. The van der Waals surface area contributed by atoms with Crippen LogP contribution in [-0.4, -0.2) is 21.5 Å². The summed E-state index contributed by atoms with van der Waals surface area (Å²) in [5.74, 6) is -0.492. The molecule has 1 aliphatic rings. The Morgan fingerprint density at radius 2 is 2.06 bits per heavy atom. The summed E-state index contributed by atoms with van der Waals surface area (Å²) in [6.45, 7) is 5.39. The van der Waals surface area contributed by atoms with Crippen LogP contribution >= 0.6 is 11.6 Å². The monoisotopic (exact) mass is 443 g/mol. The van der Waals surface area contributed by atoms with E-state index in [0.29, 0.717) is 23.5 Å². The summed E-state index contributed by atoms with van der Waals surface area (Å²) in [6.07, 6.45) is 9.07. The first-order valence-electron chi connectivity index (χ1n) is 9.71. The first-order valence-corrected chi connectivity index (χ1v) is 10.1. The lowest BCUT2D eigenvalue weighted by atomic mass is 10.1. The Labute approximate surface area is 184 Å². The first kappa shape index (κ1) is 22.5. The largest absolute Gasteiger partial charge is 0.444 e. The van der Waals surface area contributed by atoms with Crippen LogP contribution in [0.15, 0.2) is 70.8 Å². The van der Waals surface area contributed by atoms with E-state index < -0.39 is 17.5 Å². The van der Waals surface area contributed by atoms with Crippen LogP contribution < -0.4 is 10.7 Å². The molecule has 0 unspecified atom stereocenters. The van der Waals surface area contributed by atoms with Crippen LogP contribution in [0, 0.1) is 5.82 Å². The van der Waals surface area contributed by atoms with E-state index in [4.69, 9.17) is 16.3 Å². The zero-order chi connectivity index (χ0) is 22.6. The molecule has 1 aliphatic carbocycles. The van der Waals surface area contributed by atoms with Crippen LogP contribution in [0.5, 0.6) is 0 Å². The van der Waals surface area contributed by atoms with E-state index in [1.165, 1.54) is 29.1 Å². The van der Waals surface area contributed by atoms with E-state index in [1.54, 1.807) is 32.9 Å². The smallest absolute Gasteiger partial charge is 0.411 e. The predicted molar refractivity (Wildman–Crippen MR) is 118 cm³/mol. The second-order valence-corrected chi connectivity index (χ2v) is 8.48. The zero-order valence-corrected chi connectivity index (χ0v) is 18.2. The van der Waals surface area contributed by atoms with Crippen molar-refractivity contribution in [3.63, 3.8) is 0 Å². The number of nitrogens with zero attached hydrogens (tertiary/aromatic N) is 2. The van der Waals surface area contributed by atoms with Crippen molar-refractivity contribution in [3.05, 3.63) is 92.8 Å². The molecule has 162 valence electrons. The lowest BCUT2D eigenvalue weighted by Crippen LogP contribution is -2.31. The summed E-state index contributed by atoms with van der Waals surface area (Å²) in [5, 5.41) is 7.32. The summed E-state index contributed by atoms with van der Waals surface area (Å²) < 4.78 is 20.4. The van der Waals surface area contributed by atoms with Crippen molar-refractivity contribution in [2.75, 3.05) is 0 Å². The molecule has 1 amide bonds. The average Bonchev–Trinajstić information content (AvgIpc) is 2.86. The van der Waals surface area contributed by atoms with E-state index in [1.807, 2.05) is 18.2 Å². The molecule has 0 bridgehead atoms. The molecule has 1 aromatic carbocycles. The molecule has 0 saturated heterocycles. The van der Waals surface area contributed by atoms with Crippen LogP contribution in [-0.2, 0) is 11.2 Å². The van der Waals surface area contributed by atoms with Crippen LogP contribution in [0.1, 0.15) is 32.9 Å². The highest BCUT2D eigenvalue weighted by atomic mass is 35.5. The van der Waals surface area contributed by atoms with Crippen molar-refractivity contribution < 1.29 is 13.9 Å². The molecule has 31 heavy (non-hydrogen) atoms. The number of nitrogens with one attached hydrogen (secondary N) is 1.